The van der Waals surface area contributed by atoms with Crippen molar-refractivity contribution in [3.05, 3.63) is 89.7 Å². The Morgan fingerprint density at radius 3 is 1.50 bits per heavy atom. The number of rotatable bonds is 7. The van der Waals surface area contributed by atoms with Crippen LogP contribution < -0.4 is 26.2 Å². The molecule has 3 aromatic carbocycles. The Balaban J connectivity index is 1.20. The van der Waals surface area contributed by atoms with E-state index in [1.807, 2.05) is 36.4 Å². The van der Waals surface area contributed by atoms with Crippen LogP contribution in [0.1, 0.15) is 61.7 Å². The Bertz CT molecular complexity index is 1240. The third-order valence-electron chi connectivity index (χ3n) is 8.39. The molecule has 6 rings (SSSR count). The van der Waals surface area contributed by atoms with E-state index in [0.717, 1.165) is 79.8 Å². The van der Waals surface area contributed by atoms with Crippen LogP contribution in [-0.2, 0) is 9.59 Å². The average molecular weight is 542 g/mol. The molecule has 3 fully saturated rings. The summed E-state index contributed by atoms with van der Waals surface area (Å²) in [6, 6.07) is 22.8. The Morgan fingerprint density at radius 1 is 0.650 bits per heavy atom. The maximum absolute atomic E-state index is 13.8. The van der Waals surface area contributed by atoms with Gasteiger partial charge in [0.1, 0.15) is 5.82 Å². The maximum atomic E-state index is 13.8. The predicted octanol–water partition coefficient (Wildman–Crippen LogP) is 5.29. The summed E-state index contributed by atoms with van der Waals surface area (Å²) in [6.07, 6.45) is 5.65. The minimum absolute atomic E-state index is 0.0123. The molecule has 0 spiro atoms. The van der Waals surface area contributed by atoms with Crippen molar-refractivity contribution in [2.75, 3.05) is 28.6 Å². The quantitative estimate of drug-likeness (QED) is 0.327. The standard InChI is InChI=1S/C32H36FN5O2/c33-23-9-15-26(16-10-23)38-29(21-5-11-24(12-6-21)36-31(39)27-3-1-19-34-27)17-18-30(38)22-7-13-25(14-8-22)37-32(40)28-4-2-20-35-28/h5-16,27-30,34-35H,1-4,17-20H2,(H,36,39)(H,37,40)/t27-,28-,29?,30?/m0/s1. The molecule has 0 aliphatic carbocycles. The van der Waals surface area contributed by atoms with Crippen LogP contribution in [0.15, 0.2) is 72.8 Å². The van der Waals surface area contributed by atoms with Gasteiger partial charge in [0.2, 0.25) is 11.8 Å². The fourth-order valence-electron chi connectivity index (χ4n) is 6.29. The Labute approximate surface area is 234 Å². The number of carbonyl (C=O) groups excluding carboxylic acids is 2. The van der Waals surface area contributed by atoms with E-state index < -0.39 is 0 Å². The molecule has 2 amide bonds. The lowest BCUT2D eigenvalue weighted by molar-refractivity contribution is -0.118. The Hall–Kier alpha value is -3.75. The molecule has 3 heterocycles. The number of halogens is 1. The van der Waals surface area contributed by atoms with E-state index in [-0.39, 0.29) is 41.8 Å². The number of nitrogens with one attached hydrogen (secondary N) is 4. The van der Waals surface area contributed by atoms with Crippen LogP contribution in [0.3, 0.4) is 0 Å². The molecule has 2 unspecified atom stereocenters. The second-order valence-electron chi connectivity index (χ2n) is 11.0. The zero-order valence-electron chi connectivity index (χ0n) is 22.5. The molecule has 208 valence electrons. The van der Waals surface area contributed by atoms with E-state index in [4.69, 9.17) is 0 Å². The van der Waals surface area contributed by atoms with E-state index in [1.54, 1.807) is 0 Å². The molecule has 3 saturated heterocycles. The minimum atomic E-state index is -0.259. The van der Waals surface area contributed by atoms with Gasteiger partial charge >= 0.3 is 0 Å². The largest absolute Gasteiger partial charge is 0.357 e. The van der Waals surface area contributed by atoms with Gasteiger partial charge in [-0.05, 0) is 111 Å². The minimum Gasteiger partial charge on any atom is -0.357 e. The number of hydrogen-bond acceptors (Lipinski definition) is 5. The van der Waals surface area contributed by atoms with Crippen molar-refractivity contribution in [3.8, 4) is 0 Å². The van der Waals surface area contributed by atoms with Gasteiger partial charge in [0.25, 0.3) is 0 Å². The lowest BCUT2D eigenvalue weighted by Crippen LogP contribution is -2.35. The highest BCUT2D eigenvalue weighted by atomic mass is 19.1. The van der Waals surface area contributed by atoms with E-state index in [1.165, 1.54) is 12.1 Å². The van der Waals surface area contributed by atoms with Gasteiger partial charge in [-0.3, -0.25) is 9.59 Å². The van der Waals surface area contributed by atoms with Crippen LogP contribution in [0, 0.1) is 5.82 Å². The Kier molecular flexibility index (Phi) is 7.80. The Morgan fingerprint density at radius 2 is 1.10 bits per heavy atom. The second kappa shape index (κ2) is 11.8. The molecule has 0 radical (unpaired) electrons. The highest BCUT2D eigenvalue weighted by Crippen LogP contribution is 2.47. The molecule has 3 aliphatic heterocycles. The van der Waals surface area contributed by atoms with Gasteiger partial charge < -0.3 is 26.2 Å². The van der Waals surface area contributed by atoms with E-state index >= 15 is 0 Å². The summed E-state index contributed by atoms with van der Waals surface area (Å²) < 4.78 is 13.8. The number of carbonyl (C=O) groups is 2. The summed E-state index contributed by atoms with van der Waals surface area (Å²) in [4.78, 5) is 27.4. The second-order valence-corrected chi connectivity index (χ2v) is 11.0. The third-order valence-corrected chi connectivity index (χ3v) is 8.39. The normalized spacial score (nSPS) is 24.3. The van der Waals surface area contributed by atoms with Crippen LogP contribution in [0.25, 0.3) is 0 Å². The van der Waals surface area contributed by atoms with Crippen LogP contribution in [0.5, 0.6) is 0 Å². The molecular weight excluding hydrogens is 505 g/mol. The van der Waals surface area contributed by atoms with E-state index in [0.29, 0.717) is 0 Å². The van der Waals surface area contributed by atoms with Gasteiger partial charge in [0.15, 0.2) is 0 Å². The van der Waals surface area contributed by atoms with Gasteiger partial charge in [-0.1, -0.05) is 24.3 Å². The smallest absolute Gasteiger partial charge is 0.241 e. The monoisotopic (exact) mass is 541 g/mol. The molecule has 3 aromatic rings. The molecule has 0 bridgehead atoms. The highest BCUT2D eigenvalue weighted by Gasteiger charge is 2.35. The van der Waals surface area contributed by atoms with Crippen molar-refractivity contribution in [1.29, 1.82) is 0 Å². The molecule has 4 atom stereocenters. The highest BCUT2D eigenvalue weighted by molar-refractivity contribution is 5.95. The molecule has 0 saturated carbocycles. The number of benzene rings is 3. The van der Waals surface area contributed by atoms with Gasteiger partial charge in [0, 0.05) is 17.1 Å². The zero-order valence-corrected chi connectivity index (χ0v) is 22.5. The summed E-state index contributed by atoms with van der Waals surface area (Å²) in [6.45, 7) is 1.77. The summed E-state index contributed by atoms with van der Waals surface area (Å²) in [5.74, 6) is -0.235. The van der Waals surface area contributed by atoms with Crippen molar-refractivity contribution in [1.82, 2.24) is 10.6 Å². The van der Waals surface area contributed by atoms with Gasteiger partial charge in [-0.2, -0.15) is 0 Å². The van der Waals surface area contributed by atoms with Crippen molar-refractivity contribution in [2.45, 2.75) is 62.7 Å². The first-order chi connectivity index (χ1) is 19.5. The lowest BCUT2D eigenvalue weighted by Gasteiger charge is -2.33. The summed E-state index contributed by atoms with van der Waals surface area (Å²) >= 11 is 0. The lowest BCUT2D eigenvalue weighted by atomic mass is 10.0. The van der Waals surface area contributed by atoms with Gasteiger partial charge in [-0.25, -0.2) is 4.39 Å². The molecule has 4 N–H and O–H groups in total. The number of hydrogen-bond donors (Lipinski definition) is 4. The van der Waals surface area contributed by atoms with Crippen molar-refractivity contribution < 1.29 is 14.0 Å². The number of nitrogens with zero attached hydrogens (tertiary/aromatic N) is 1. The first-order valence-corrected chi connectivity index (χ1v) is 14.4. The summed E-state index contributed by atoms with van der Waals surface area (Å²) in [5, 5.41) is 12.5. The van der Waals surface area contributed by atoms with E-state index in [9.17, 15) is 14.0 Å². The molecule has 0 aromatic heterocycles. The fraction of sp³-hybridized carbons (Fsp3) is 0.375. The number of anilines is 3. The van der Waals surface area contributed by atoms with Crippen LogP contribution in [-0.4, -0.2) is 37.0 Å². The average Bonchev–Trinajstić information content (AvgIpc) is 3.77. The van der Waals surface area contributed by atoms with Crippen molar-refractivity contribution >= 4 is 28.9 Å². The fourth-order valence-corrected chi connectivity index (χ4v) is 6.29. The topological polar surface area (TPSA) is 85.5 Å². The predicted molar refractivity (Wildman–Crippen MR) is 156 cm³/mol. The maximum Gasteiger partial charge on any atom is 0.241 e. The first kappa shape index (κ1) is 26.5. The number of amides is 2. The van der Waals surface area contributed by atoms with E-state index in [2.05, 4.69) is 50.4 Å². The van der Waals surface area contributed by atoms with Gasteiger partial charge in [0.05, 0.1) is 24.2 Å². The van der Waals surface area contributed by atoms with Crippen LogP contribution in [0.4, 0.5) is 21.5 Å². The molecule has 8 heteroatoms. The summed E-state index contributed by atoms with van der Waals surface area (Å²) in [5.41, 5.74) is 4.84. The molecular formula is C32H36FN5O2. The molecule has 7 nitrogen and oxygen atoms in total. The molecule has 3 aliphatic rings. The van der Waals surface area contributed by atoms with Crippen LogP contribution in [0.2, 0.25) is 0 Å². The zero-order chi connectivity index (χ0) is 27.5. The third kappa shape index (κ3) is 5.74. The summed E-state index contributed by atoms with van der Waals surface area (Å²) in [7, 11) is 0. The molecule has 40 heavy (non-hydrogen) atoms. The van der Waals surface area contributed by atoms with Crippen LogP contribution >= 0.6 is 0 Å². The van der Waals surface area contributed by atoms with Gasteiger partial charge in [-0.15, -0.1) is 0 Å². The van der Waals surface area contributed by atoms with Crippen molar-refractivity contribution in [2.24, 2.45) is 0 Å². The first-order valence-electron chi connectivity index (χ1n) is 14.4. The van der Waals surface area contributed by atoms with Crippen molar-refractivity contribution in [3.63, 3.8) is 0 Å². The SMILES string of the molecule is O=C(Nc1ccc(C2CCC(c3ccc(NC(=O)[C@@H]4CCCN4)cc3)N2c2ccc(F)cc2)cc1)[C@@H]1CCCN1.